The Labute approximate surface area is 182 Å². The molecule has 1 aliphatic heterocycles. The number of amides is 1. The van der Waals surface area contributed by atoms with Gasteiger partial charge in [-0.15, -0.1) is 0 Å². The average molecular weight is 442 g/mol. The van der Waals surface area contributed by atoms with Gasteiger partial charge in [0, 0.05) is 18.7 Å². The van der Waals surface area contributed by atoms with Crippen LogP contribution in [0.4, 0.5) is 19.1 Å². The number of benzene rings is 2. The lowest BCUT2D eigenvalue weighted by molar-refractivity contribution is -0.137. The Balaban J connectivity index is 1.59. The first-order chi connectivity index (χ1) is 15.2. The van der Waals surface area contributed by atoms with Gasteiger partial charge in [0.1, 0.15) is 5.69 Å². The number of piperidine rings is 1. The maximum atomic E-state index is 13.1. The van der Waals surface area contributed by atoms with Crippen LogP contribution in [0.25, 0.3) is 11.3 Å². The van der Waals surface area contributed by atoms with Crippen LogP contribution in [0.1, 0.15) is 34.5 Å². The summed E-state index contributed by atoms with van der Waals surface area (Å²) in [6, 6.07) is 15.5. The SMILES string of the molecule is NC(=O)c1cc(-c2ccccc2)nc(N2CCC(O)(c3cccc(C(F)(F)F)c3)CC2)n1. The largest absolute Gasteiger partial charge is 0.416 e. The summed E-state index contributed by atoms with van der Waals surface area (Å²) in [5.41, 5.74) is 4.86. The molecule has 0 aliphatic carbocycles. The van der Waals surface area contributed by atoms with Crippen LogP contribution >= 0.6 is 0 Å². The highest BCUT2D eigenvalue weighted by Crippen LogP contribution is 2.37. The fourth-order valence-electron chi connectivity index (χ4n) is 3.81. The van der Waals surface area contributed by atoms with Crippen molar-refractivity contribution in [2.24, 2.45) is 5.73 Å². The first kappa shape index (κ1) is 21.8. The molecule has 0 unspecified atom stereocenters. The number of anilines is 1. The zero-order valence-electron chi connectivity index (χ0n) is 17.0. The quantitative estimate of drug-likeness (QED) is 0.642. The van der Waals surface area contributed by atoms with Gasteiger partial charge in [0.05, 0.1) is 16.9 Å². The van der Waals surface area contributed by atoms with E-state index in [1.165, 1.54) is 18.2 Å². The van der Waals surface area contributed by atoms with Crippen LogP contribution in [0.15, 0.2) is 60.7 Å². The van der Waals surface area contributed by atoms with Gasteiger partial charge in [0.2, 0.25) is 5.95 Å². The van der Waals surface area contributed by atoms with E-state index in [0.29, 0.717) is 18.8 Å². The van der Waals surface area contributed by atoms with Crippen molar-refractivity contribution in [3.8, 4) is 11.3 Å². The number of aliphatic hydroxyl groups is 1. The molecule has 1 aliphatic rings. The number of rotatable bonds is 4. The third-order valence-corrected chi connectivity index (χ3v) is 5.64. The highest BCUT2D eigenvalue weighted by Gasteiger charge is 2.37. The molecule has 3 N–H and O–H groups in total. The second-order valence-electron chi connectivity index (χ2n) is 7.77. The second kappa shape index (κ2) is 8.23. The van der Waals surface area contributed by atoms with Crippen LogP contribution in [0.2, 0.25) is 0 Å². The summed E-state index contributed by atoms with van der Waals surface area (Å²) < 4.78 is 39.2. The third kappa shape index (κ3) is 4.43. The maximum Gasteiger partial charge on any atom is 0.416 e. The van der Waals surface area contributed by atoms with Crippen molar-refractivity contribution in [3.05, 3.63) is 77.5 Å². The second-order valence-corrected chi connectivity index (χ2v) is 7.77. The van der Waals surface area contributed by atoms with E-state index in [0.717, 1.165) is 17.7 Å². The van der Waals surface area contributed by atoms with Gasteiger partial charge in [-0.3, -0.25) is 4.79 Å². The van der Waals surface area contributed by atoms with E-state index in [2.05, 4.69) is 9.97 Å². The first-order valence-electron chi connectivity index (χ1n) is 10.1. The highest BCUT2D eigenvalue weighted by molar-refractivity contribution is 5.92. The highest BCUT2D eigenvalue weighted by atomic mass is 19.4. The summed E-state index contributed by atoms with van der Waals surface area (Å²) in [6.45, 7) is 0.590. The van der Waals surface area contributed by atoms with Gasteiger partial charge < -0.3 is 15.7 Å². The molecule has 9 heteroatoms. The van der Waals surface area contributed by atoms with Crippen LogP contribution in [0.5, 0.6) is 0 Å². The smallest absolute Gasteiger partial charge is 0.385 e. The Hall–Kier alpha value is -3.46. The lowest BCUT2D eigenvalue weighted by atomic mass is 9.84. The number of halogens is 3. The van der Waals surface area contributed by atoms with Crippen LogP contribution in [-0.2, 0) is 11.8 Å². The van der Waals surface area contributed by atoms with Gasteiger partial charge in [-0.05, 0) is 36.6 Å². The molecule has 1 aromatic heterocycles. The fraction of sp³-hybridized carbons (Fsp3) is 0.261. The molecular formula is C23H21F3N4O2. The molecule has 1 amide bonds. The molecule has 166 valence electrons. The molecule has 32 heavy (non-hydrogen) atoms. The zero-order chi connectivity index (χ0) is 22.9. The molecule has 1 saturated heterocycles. The minimum absolute atomic E-state index is 0.0626. The number of nitrogens with zero attached hydrogens (tertiary/aromatic N) is 3. The van der Waals surface area contributed by atoms with E-state index in [1.807, 2.05) is 30.3 Å². The Bertz CT molecular complexity index is 1130. The Morgan fingerprint density at radius 2 is 1.69 bits per heavy atom. The summed E-state index contributed by atoms with van der Waals surface area (Å²) in [6.07, 6.45) is -4.12. The van der Waals surface area contributed by atoms with E-state index >= 15 is 0 Å². The van der Waals surface area contributed by atoms with Gasteiger partial charge >= 0.3 is 6.18 Å². The number of aromatic nitrogens is 2. The molecule has 0 saturated carbocycles. The Morgan fingerprint density at radius 1 is 1.00 bits per heavy atom. The topological polar surface area (TPSA) is 92.3 Å². The lowest BCUT2D eigenvalue weighted by Gasteiger charge is -2.38. The normalized spacial score (nSPS) is 16.1. The minimum Gasteiger partial charge on any atom is -0.385 e. The van der Waals surface area contributed by atoms with Crippen molar-refractivity contribution >= 4 is 11.9 Å². The van der Waals surface area contributed by atoms with Crippen molar-refractivity contribution in [1.82, 2.24) is 9.97 Å². The number of carbonyl (C=O) groups excluding carboxylic acids is 1. The predicted octanol–water partition coefficient (Wildman–Crippen LogP) is 3.75. The summed E-state index contributed by atoms with van der Waals surface area (Å²) in [7, 11) is 0. The van der Waals surface area contributed by atoms with Gasteiger partial charge in [-0.1, -0.05) is 42.5 Å². The van der Waals surface area contributed by atoms with Crippen molar-refractivity contribution in [1.29, 1.82) is 0 Å². The molecule has 3 aromatic rings. The van der Waals surface area contributed by atoms with Gasteiger partial charge in [0.15, 0.2) is 0 Å². The standard InChI is InChI=1S/C23H21F3N4O2/c24-23(25,26)17-8-4-7-16(13-17)22(32)9-11-30(12-10-22)21-28-18(14-19(29-21)20(27)31)15-5-2-1-3-6-15/h1-8,13-14,32H,9-12H2,(H2,27,31). The van der Waals surface area contributed by atoms with Crippen molar-refractivity contribution < 1.29 is 23.1 Å². The molecule has 0 spiro atoms. The number of alkyl halides is 3. The summed E-state index contributed by atoms with van der Waals surface area (Å²) in [4.78, 5) is 22.4. The lowest BCUT2D eigenvalue weighted by Crippen LogP contribution is -2.43. The van der Waals surface area contributed by atoms with Gasteiger partial charge in [-0.25, -0.2) is 9.97 Å². The monoisotopic (exact) mass is 442 g/mol. The van der Waals surface area contributed by atoms with Crippen LogP contribution in [0, 0.1) is 0 Å². The van der Waals surface area contributed by atoms with E-state index in [1.54, 1.807) is 4.90 Å². The van der Waals surface area contributed by atoms with E-state index in [-0.39, 0.29) is 30.0 Å². The van der Waals surface area contributed by atoms with Crippen molar-refractivity contribution in [2.75, 3.05) is 18.0 Å². The predicted molar refractivity (Wildman–Crippen MR) is 113 cm³/mol. The van der Waals surface area contributed by atoms with Crippen LogP contribution in [0.3, 0.4) is 0 Å². The molecular weight excluding hydrogens is 421 g/mol. The number of nitrogens with two attached hydrogens (primary N) is 1. The molecule has 4 rings (SSSR count). The molecule has 0 atom stereocenters. The molecule has 1 fully saturated rings. The Kier molecular flexibility index (Phi) is 5.60. The Morgan fingerprint density at radius 3 is 2.31 bits per heavy atom. The average Bonchev–Trinajstić information content (AvgIpc) is 2.79. The number of hydrogen-bond donors (Lipinski definition) is 2. The van der Waals surface area contributed by atoms with Crippen LogP contribution in [-0.4, -0.2) is 34.1 Å². The van der Waals surface area contributed by atoms with E-state index in [9.17, 15) is 23.1 Å². The fourth-order valence-corrected chi connectivity index (χ4v) is 3.81. The summed E-state index contributed by atoms with van der Waals surface area (Å²) >= 11 is 0. The van der Waals surface area contributed by atoms with Crippen molar-refractivity contribution in [2.45, 2.75) is 24.6 Å². The number of carbonyl (C=O) groups is 1. The maximum absolute atomic E-state index is 13.1. The number of primary amides is 1. The first-order valence-corrected chi connectivity index (χ1v) is 10.1. The van der Waals surface area contributed by atoms with Gasteiger partial charge in [0.25, 0.3) is 5.91 Å². The zero-order valence-corrected chi connectivity index (χ0v) is 17.0. The van der Waals surface area contributed by atoms with Gasteiger partial charge in [-0.2, -0.15) is 13.2 Å². The third-order valence-electron chi connectivity index (χ3n) is 5.64. The van der Waals surface area contributed by atoms with Crippen molar-refractivity contribution in [3.63, 3.8) is 0 Å². The molecule has 6 nitrogen and oxygen atoms in total. The minimum atomic E-state index is -4.48. The molecule has 2 heterocycles. The molecule has 0 bridgehead atoms. The summed E-state index contributed by atoms with van der Waals surface area (Å²) in [5, 5.41) is 11.1. The van der Waals surface area contributed by atoms with Crippen LogP contribution < -0.4 is 10.6 Å². The summed E-state index contributed by atoms with van der Waals surface area (Å²) in [5.74, 6) is -0.408. The van der Waals surface area contributed by atoms with E-state index < -0.39 is 23.2 Å². The van der Waals surface area contributed by atoms with E-state index in [4.69, 9.17) is 5.73 Å². The molecule has 0 radical (unpaired) electrons. The number of hydrogen-bond acceptors (Lipinski definition) is 5. The molecule has 2 aromatic carbocycles.